The molecule has 11 heteroatoms. The first-order chi connectivity index (χ1) is 18.4. The maximum Gasteiger partial charge on any atom is 0.418 e. The summed E-state index contributed by atoms with van der Waals surface area (Å²) in [6.45, 7) is 1.43. The molecule has 1 aromatic carbocycles. The number of fused-ring (bicyclic) bond motifs is 1. The van der Waals surface area contributed by atoms with Gasteiger partial charge in [-0.1, -0.05) is 49.6 Å². The quantitative estimate of drug-likeness (QED) is 0.252. The Bertz CT molecular complexity index is 1480. The highest BCUT2D eigenvalue weighted by Crippen LogP contribution is 2.33. The van der Waals surface area contributed by atoms with Crippen LogP contribution in [0.3, 0.4) is 0 Å². The molecule has 0 atom stereocenters. The molecule has 3 aromatic heterocycles. The number of aromatic nitrogens is 4. The summed E-state index contributed by atoms with van der Waals surface area (Å²) in [4.78, 5) is 26.1. The van der Waals surface area contributed by atoms with Crippen molar-refractivity contribution in [2.24, 2.45) is 0 Å². The van der Waals surface area contributed by atoms with E-state index in [1.807, 2.05) is 0 Å². The van der Waals surface area contributed by atoms with Crippen molar-refractivity contribution < 1.29 is 26.3 Å². The molecular formula is C28H26F6N4O. The van der Waals surface area contributed by atoms with Crippen molar-refractivity contribution in [3.05, 3.63) is 99.4 Å². The van der Waals surface area contributed by atoms with Crippen LogP contribution in [-0.2, 0) is 18.9 Å². The van der Waals surface area contributed by atoms with Crippen molar-refractivity contribution >= 4 is 11.2 Å². The smallest absolute Gasteiger partial charge is 0.285 e. The number of hydrogen-bond acceptors (Lipinski definition) is 4. The van der Waals surface area contributed by atoms with Gasteiger partial charge in [0.2, 0.25) is 0 Å². The predicted octanol–water partition coefficient (Wildman–Crippen LogP) is 7.32. The maximum absolute atomic E-state index is 13.4. The van der Waals surface area contributed by atoms with Crippen LogP contribution in [0.15, 0.2) is 65.7 Å². The lowest BCUT2D eigenvalue weighted by Crippen LogP contribution is -2.29. The normalized spacial score (nSPS) is 14.6. The van der Waals surface area contributed by atoms with Crippen LogP contribution in [0.5, 0.6) is 0 Å². The molecule has 206 valence electrons. The van der Waals surface area contributed by atoms with Crippen LogP contribution < -0.4 is 5.56 Å². The van der Waals surface area contributed by atoms with E-state index in [0.717, 1.165) is 50.3 Å². The van der Waals surface area contributed by atoms with Crippen LogP contribution in [0.2, 0.25) is 0 Å². The van der Waals surface area contributed by atoms with Gasteiger partial charge in [-0.15, -0.1) is 0 Å². The zero-order chi connectivity index (χ0) is 28.2. The Balaban J connectivity index is 0.000000298. The van der Waals surface area contributed by atoms with Gasteiger partial charge in [-0.3, -0.25) is 19.3 Å². The van der Waals surface area contributed by atoms with E-state index in [4.69, 9.17) is 0 Å². The Labute approximate surface area is 220 Å². The van der Waals surface area contributed by atoms with Crippen molar-refractivity contribution in [2.75, 3.05) is 0 Å². The summed E-state index contributed by atoms with van der Waals surface area (Å²) in [5.41, 5.74) is 0.0517. The van der Waals surface area contributed by atoms with Crippen molar-refractivity contribution in [3.8, 4) is 0 Å². The lowest BCUT2D eigenvalue weighted by atomic mass is 9.84. The van der Waals surface area contributed by atoms with Crippen LogP contribution in [0, 0.1) is 6.92 Å². The number of halogens is 6. The highest BCUT2D eigenvalue weighted by Gasteiger charge is 2.34. The largest absolute Gasteiger partial charge is 0.418 e. The Morgan fingerprint density at radius 2 is 1.59 bits per heavy atom. The second-order valence-corrected chi connectivity index (χ2v) is 9.41. The number of alkyl halides is 6. The summed E-state index contributed by atoms with van der Waals surface area (Å²) in [6.07, 6.45) is -0.828. The standard InChI is InChI=1S/C21H21F3N4O.C7H5F3/c1-13-11-26-17-10-15(14-6-3-2-4-7-14)20(29)28(19(17)27-13)12-18-16(21(22,23)24)8-5-9-25-18;8-7(9,10)6-4-2-1-3-5-6/h5,8-11,14H,2-4,6-7,12H2,1H3;1-5H. The van der Waals surface area contributed by atoms with Gasteiger partial charge < -0.3 is 0 Å². The SMILES string of the molecule is Cc1cnc2cc(C3CCCCC3)c(=O)n(Cc3ncccc3C(F)(F)F)c2n1.FC(F)(F)c1ccccc1. The molecule has 3 heterocycles. The topological polar surface area (TPSA) is 60.7 Å². The molecule has 0 bridgehead atoms. The molecule has 1 aliphatic carbocycles. The minimum Gasteiger partial charge on any atom is -0.285 e. The van der Waals surface area contributed by atoms with Crippen LogP contribution in [-0.4, -0.2) is 19.5 Å². The molecule has 1 aliphatic rings. The number of benzene rings is 1. The van der Waals surface area contributed by atoms with Gasteiger partial charge in [-0.2, -0.15) is 26.3 Å². The molecule has 4 aromatic rings. The third-order valence-corrected chi connectivity index (χ3v) is 6.59. The van der Waals surface area contributed by atoms with Gasteiger partial charge >= 0.3 is 12.4 Å². The average Bonchev–Trinajstić information content (AvgIpc) is 2.91. The van der Waals surface area contributed by atoms with Gasteiger partial charge in [0.1, 0.15) is 5.52 Å². The zero-order valence-corrected chi connectivity index (χ0v) is 21.1. The van der Waals surface area contributed by atoms with Crippen molar-refractivity contribution in [3.63, 3.8) is 0 Å². The summed E-state index contributed by atoms with van der Waals surface area (Å²) in [6, 6.07) is 10.4. The second-order valence-electron chi connectivity index (χ2n) is 9.41. The Kier molecular flexibility index (Phi) is 8.36. The molecule has 0 aliphatic heterocycles. The highest BCUT2D eigenvalue weighted by atomic mass is 19.4. The first-order valence-electron chi connectivity index (χ1n) is 12.5. The monoisotopic (exact) mass is 548 g/mol. The number of hydrogen-bond donors (Lipinski definition) is 0. The lowest BCUT2D eigenvalue weighted by molar-refractivity contribution is -0.139. The molecule has 0 saturated heterocycles. The van der Waals surface area contributed by atoms with E-state index in [9.17, 15) is 31.1 Å². The number of rotatable bonds is 3. The van der Waals surface area contributed by atoms with E-state index in [1.165, 1.54) is 29.0 Å². The minimum atomic E-state index is -4.55. The summed E-state index contributed by atoms with van der Waals surface area (Å²) in [5, 5.41) is 0. The molecule has 0 radical (unpaired) electrons. The average molecular weight is 549 g/mol. The Morgan fingerprint density at radius 1 is 0.897 bits per heavy atom. The molecule has 0 unspecified atom stereocenters. The van der Waals surface area contributed by atoms with Gasteiger partial charge in [-0.25, -0.2) is 4.98 Å². The zero-order valence-electron chi connectivity index (χ0n) is 21.1. The van der Waals surface area contributed by atoms with E-state index in [-0.39, 0.29) is 29.4 Å². The molecule has 0 spiro atoms. The van der Waals surface area contributed by atoms with E-state index in [0.29, 0.717) is 16.8 Å². The van der Waals surface area contributed by atoms with Crippen molar-refractivity contribution in [2.45, 2.75) is 63.8 Å². The number of aryl methyl sites for hydroxylation is 1. The van der Waals surface area contributed by atoms with E-state index in [2.05, 4.69) is 15.0 Å². The van der Waals surface area contributed by atoms with E-state index >= 15 is 0 Å². The number of nitrogens with zero attached hydrogens (tertiary/aromatic N) is 4. The molecule has 1 fully saturated rings. The van der Waals surface area contributed by atoms with Gasteiger partial charge in [0.25, 0.3) is 5.56 Å². The molecule has 5 nitrogen and oxygen atoms in total. The van der Waals surface area contributed by atoms with Gasteiger partial charge in [0.05, 0.1) is 29.1 Å². The third-order valence-electron chi connectivity index (χ3n) is 6.59. The predicted molar refractivity (Wildman–Crippen MR) is 134 cm³/mol. The molecule has 39 heavy (non-hydrogen) atoms. The van der Waals surface area contributed by atoms with Crippen LogP contribution in [0.4, 0.5) is 26.3 Å². The lowest BCUT2D eigenvalue weighted by Gasteiger charge is -2.23. The Morgan fingerprint density at radius 3 is 2.21 bits per heavy atom. The van der Waals surface area contributed by atoms with E-state index in [1.54, 1.807) is 25.3 Å². The fourth-order valence-electron chi connectivity index (χ4n) is 4.69. The van der Waals surface area contributed by atoms with E-state index < -0.39 is 23.5 Å². The van der Waals surface area contributed by atoms with Crippen molar-refractivity contribution in [1.29, 1.82) is 0 Å². The van der Waals surface area contributed by atoms with Crippen molar-refractivity contribution in [1.82, 2.24) is 19.5 Å². The molecular weight excluding hydrogens is 522 g/mol. The fraction of sp³-hybridized carbons (Fsp3) is 0.357. The second kappa shape index (κ2) is 11.5. The molecule has 0 N–H and O–H groups in total. The van der Waals surface area contributed by atoms with Gasteiger partial charge in [-0.05, 0) is 43.9 Å². The van der Waals surface area contributed by atoms with Crippen LogP contribution in [0.1, 0.15) is 66.1 Å². The summed E-state index contributed by atoms with van der Waals surface area (Å²) >= 11 is 0. The van der Waals surface area contributed by atoms with Gasteiger partial charge in [0, 0.05) is 18.0 Å². The maximum atomic E-state index is 13.4. The fourth-order valence-corrected chi connectivity index (χ4v) is 4.69. The highest BCUT2D eigenvalue weighted by molar-refractivity contribution is 5.71. The first-order valence-corrected chi connectivity index (χ1v) is 12.5. The molecule has 0 amide bonds. The van der Waals surface area contributed by atoms with Crippen LogP contribution in [0.25, 0.3) is 11.2 Å². The third kappa shape index (κ3) is 6.82. The number of pyridine rings is 2. The molecule has 5 rings (SSSR count). The molecule has 1 saturated carbocycles. The van der Waals surface area contributed by atoms with Crippen LogP contribution >= 0.6 is 0 Å². The summed E-state index contributed by atoms with van der Waals surface area (Å²) < 4.78 is 77.0. The summed E-state index contributed by atoms with van der Waals surface area (Å²) in [7, 11) is 0. The summed E-state index contributed by atoms with van der Waals surface area (Å²) in [5.74, 6) is 0.0980. The minimum absolute atomic E-state index is 0.0980. The van der Waals surface area contributed by atoms with Gasteiger partial charge in [0.15, 0.2) is 5.65 Å². The first kappa shape index (κ1) is 28.3. The Hall–Kier alpha value is -3.76.